The Bertz CT molecular complexity index is 2010. The number of amides is 1. The summed E-state index contributed by atoms with van der Waals surface area (Å²) in [5.41, 5.74) is 0.717. The van der Waals surface area contributed by atoms with Crippen molar-refractivity contribution in [3.05, 3.63) is 93.6 Å². The lowest BCUT2D eigenvalue weighted by Crippen LogP contribution is -2.26. The summed E-state index contributed by atoms with van der Waals surface area (Å²) in [6.07, 6.45) is 3.57. The second kappa shape index (κ2) is 12.6. The predicted octanol–water partition coefficient (Wildman–Crippen LogP) is 5.10. The van der Waals surface area contributed by atoms with Gasteiger partial charge in [0.15, 0.2) is 5.69 Å². The number of hydrogen-bond acceptors (Lipinski definition) is 8. The number of alkyl halides is 2. The number of nitrogens with zero attached hydrogens (tertiary/aromatic N) is 8. The zero-order valence-electron chi connectivity index (χ0n) is 24.2. The molecule has 0 radical (unpaired) electrons. The fraction of sp³-hybridized carbons (Fsp3) is 0.267. The average molecular weight is 650 g/mol. The van der Waals surface area contributed by atoms with E-state index in [1.54, 1.807) is 37.3 Å². The van der Waals surface area contributed by atoms with Crippen LogP contribution in [0.2, 0.25) is 5.02 Å². The van der Waals surface area contributed by atoms with Crippen LogP contribution >= 0.6 is 11.6 Å². The monoisotopic (exact) mass is 649 g/mol. The second-order valence-corrected chi connectivity index (χ2v) is 11.3. The molecule has 1 aromatic carbocycles. The van der Waals surface area contributed by atoms with E-state index in [4.69, 9.17) is 11.6 Å². The van der Waals surface area contributed by atoms with Gasteiger partial charge in [-0.05, 0) is 43.2 Å². The van der Waals surface area contributed by atoms with Gasteiger partial charge in [-0.3, -0.25) is 19.1 Å². The number of carbonyl (C=O) groups excluding carboxylic acids is 1. The van der Waals surface area contributed by atoms with Gasteiger partial charge in [0.2, 0.25) is 5.91 Å². The zero-order valence-corrected chi connectivity index (χ0v) is 25.0. The van der Waals surface area contributed by atoms with E-state index in [0.29, 0.717) is 53.3 Å². The number of halogens is 3. The maximum absolute atomic E-state index is 13.7. The third-order valence-electron chi connectivity index (χ3n) is 7.73. The van der Waals surface area contributed by atoms with E-state index < -0.39 is 29.7 Å². The molecule has 1 amide bonds. The van der Waals surface area contributed by atoms with Crippen LogP contribution in [0.4, 0.5) is 14.6 Å². The van der Waals surface area contributed by atoms with E-state index in [0.717, 1.165) is 6.20 Å². The fourth-order valence-corrected chi connectivity index (χ4v) is 5.49. The number of benzene rings is 1. The zero-order chi connectivity index (χ0) is 32.5. The van der Waals surface area contributed by atoms with Crippen molar-refractivity contribution in [2.75, 3.05) is 5.32 Å². The van der Waals surface area contributed by atoms with Crippen LogP contribution in [0.1, 0.15) is 67.0 Å². The van der Waals surface area contributed by atoms with Crippen LogP contribution < -0.4 is 10.9 Å². The molecule has 13 nitrogen and oxygen atoms in total. The molecule has 46 heavy (non-hydrogen) atoms. The summed E-state index contributed by atoms with van der Waals surface area (Å²) < 4.78 is 30.3. The van der Waals surface area contributed by atoms with Crippen LogP contribution in [0.25, 0.3) is 22.6 Å². The summed E-state index contributed by atoms with van der Waals surface area (Å²) in [6, 6.07) is 10.0. The predicted molar refractivity (Wildman–Crippen MR) is 162 cm³/mol. The van der Waals surface area contributed by atoms with Crippen molar-refractivity contribution >= 4 is 29.3 Å². The van der Waals surface area contributed by atoms with E-state index in [2.05, 4.69) is 30.7 Å². The number of hydrogen-bond donors (Lipinski definition) is 2. The number of aromatic nitrogens is 8. The quantitative estimate of drug-likeness (QED) is 0.264. The molecule has 16 heteroatoms. The first kappa shape index (κ1) is 30.7. The number of pyridine rings is 1. The first-order chi connectivity index (χ1) is 22.1. The van der Waals surface area contributed by atoms with Gasteiger partial charge >= 0.3 is 5.97 Å². The van der Waals surface area contributed by atoms with Crippen molar-refractivity contribution < 1.29 is 23.5 Å². The number of aromatic carboxylic acids is 1. The molecule has 2 atom stereocenters. The smallest absolute Gasteiger partial charge is 0.356 e. The number of carboxylic acid groups (broad SMARTS) is 1. The lowest BCUT2D eigenvalue weighted by atomic mass is 9.99. The summed E-state index contributed by atoms with van der Waals surface area (Å²) in [7, 11) is 0. The van der Waals surface area contributed by atoms with Crippen molar-refractivity contribution in [2.24, 2.45) is 5.92 Å². The van der Waals surface area contributed by atoms with Gasteiger partial charge in [-0.15, -0.1) is 5.10 Å². The molecule has 2 N–H and O–H groups in total. The third-order valence-corrected chi connectivity index (χ3v) is 7.97. The van der Waals surface area contributed by atoms with E-state index in [-0.39, 0.29) is 29.0 Å². The van der Waals surface area contributed by atoms with Gasteiger partial charge in [-0.1, -0.05) is 36.6 Å². The molecular formula is C30H26ClF2N9O4. The number of rotatable bonds is 5. The number of fused-ring (bicyclic) bond motifs is 4. The number of carboxylic acids is 1. The molecule has 0 spiro atoms. The molecule has 6 rings (SSSR count). The Hall–Kier alpha value is -5.31. The van der Waals surface area contributed by atoms with E-state index in [9.17, 15) is 28.3 Å². The van der Waals surface area contributed by atoms with Gasteiger partial charge in [-0.2, -0.15) is 5.10 Å². The molecule has 0 saturated carbocycles. The van der Waals surface area contributed by atoms with E-state index in [1.165, 1.54) is 38.6 Å². The Morgan fingerprint density at radius 2 is 1.89 bits per heavy atom. The number of carbonyl (C=O) groups is 2. The highest BCUT2D eigenvalue weighted by Gasteiger charge is 2.24. The molecule has 5 aromatic rings. The Kier molecular flexibility index (Phi) is 8.41. The van der Waals surface area contributed by atoms with Gasteiger partial charge in [0.05, 0.1) is 41.3 Å². The van der Waals surface area contributed by atoms with Crippen molar-refractivity contribution in [3.8, 4) is 22.6 Å². The highest BCUT2D eigenvalue weighted by molar-refractivity contribution is 6.31. The van der Waals surface area contributed by atoms with E-state index >= 15 is 0 Å². The van der Waals surface area contributed by atoms with Crippen LogP contribution in [-0.2, 0) is 4.79 Å². The van der Waals surface area contributed by atoms with Crippen LogP contribution in [-0.4, -0.2) is 56.3 Å². The first-order valence-corrected chi connectivity index (χ1v) is 14.7. The van der Waals surface area contributed by atoms with Gasteiger partial charge in [0, 0.05) is 34.8 Å². The highest BCUT2D eigenvalue weighted by Crippen LogP contribution is 2.30. The summed E-state index contributed by atoms with van der Waals surface area (Å²) in [6.45, 7) is 1.79. The largest absolute Gasteiger partial charge is 0.476 e. The van der Waals surface area contributed by atoms with Crippen molar-refractivity contribution in [1.29, 1.82) is 0 Å². The standard InChI is InChI=1S/C30H26ClF2N9O4/c1-16-4-2-3-5-25(21-11-18(8-9-34-21)42-26(36-29(16)44)12-22(38-42)30(45)46)40-15-35-20(13-27(40)43)19-10-17(31)6-7-24(19)41-14-23(28(32)33)37-39-41/h6-16,25,28H,2-5H2,1H3,(H,36,44)(H,45,46). The Labute approximate surface area is 264 Å². The molecular weight excluding hydrogens is 624 g/mol. The highest BCUT2D eigenvalue weighted by atomic mass is 35.5. The molecule has 5 heterocycles. The normalized spacial score (nSPS) is 17.0. The van der Waals surface area contributed by atoms with Crippen LogP contribution in [0.5, 0.6) is 0 Å². The van der Waals surface area contributed by atoms with Gasteiger partial charge in [0.25, 0.3) is 12.0 Å². The average Bonchev–Trinajstić information content (AvgIpc) is 3.69. The lowest BCUT2D eigenvalue weighted by molar-refractivity contribution is -0.119. The minimum Gasteiger partial charge on any atom is -0.476 e. The van der Waals surface area contributed by atoms with Crippen molar-refractivity contribution in [2.45, 2.75) is 45.1 Å². The topological polar surface area (TPSA) is 163 Å². The van der Waals surface area contributed by atoms with Crippen molar-refractivity contribution in [1.82, 2.24) is 39.3 Å². The molecule has 236 valence electrons. The van der Waals surface area contributed by atoms with Gasteiger partial charge < -0.3 is 10.4 Å². The van der Waals surface area contributed by atoms with Crippen LogP contribution in [0.3, 0.4) is 0 Å². The molecule has 0 aliphatic carbocycles. The molecule has 1 aliphatic rings. The number of anilines is 1. The Balaban J connectivity index is 1.42. The van der Waals surface area contributed by atoms with E-state index in [1.807, 2.05) is 0 Å². The third kappa shape index (κ3) is 6.13. The molecule has 2 unspecified atom stereocenters. The molecule has 0 saturated heterocycles. The maximum atomic E-state index is 13.7. The summed E-state index contributed by atoms with van der Waals surface area (Å²) in [4.78, 5) is 47.4. The summed E-state index contributed by atoms with van der Waals surface area (Å²) >= 11 is 6.26. The maximum Gasteiger partial charge on any atom is 0.356 e. The number of nitrogens with one attached hydrogen (secondary N) is 1. The lowest BCUT2D eigenvalue weighted by Gasteiger charge is -2.20. The molecule has 4 aromatic heterocycles. The molecule has 1 aliphatic heterocycles. The minimum atomic E-state index is -2.81. The van der Waals surface area contributed by atoms with Crippen LogP contribution in [0.15, 0.2) is 66.0 Å². The van der Waals surface area contributed by atoms with Crippen LogP contribution in [0, 0.1) is 5.92 Å². The minimum absolute atomic E-state index is 0.191. The Morgan fingerprint density at radius 1 is 1.09 bits per heavy atom. The SMILES string of the molecule is CC1CCCCC(n2cnc(-c3cc(Cl)ccc3-n3cc(C(F)F)nn3)cc2=O)c2cc(ccn2)-n2nc(C(=O)O)cc2NC1=O. The molecule has 0 fully saturated rings. The second-order valence-electron chi connectivity index (χ2n) is 10.8. The first-order valence-electron chi connectivity index (χ1n) is 14.3. The van der Waals surface area contributed by atoms with Gasteiger partial charge in [-0.25, -0.2) is 27.9 Å². The Morgan fingerprint density at radius 3 is 2.63 bits per heavy atom. The fourth-order valence-electron chi connectivity index (χ4n) is 5.32. The molecule has 2 bridgehead atoms. The summed E-state index contributed by atoms with van der Waals surface area (Å²) in [5, 5.41) is 24.2. The van der Waals surface area contributed by atoms with Gasteiger partial charge in [0.1, 0.15) is 11.5 Å². The summed E-state index contributed by atoms with van der Waals surface area (Å²) in [5.74, 6) is -1.70. The van der Waals surface area contributed by atoms with Crippen molar-refractivity contribution in [3.63, 3.8) is 0 Å².